The number of nitrogens with zero attached hydrogens (tertiary/aromatic N) is 3. The van der Waals surface area contributed by atoms with E-state index >= 15 is 0 Å². The highest BCUT2D eigenvalue weighted by atomic mass is 19.1. The fraction of sp³-hybridized carbons (Fsp3) is 0.273. The highest BCUT2D eigenvalue weighted by molar-refractivity contribution is 6.44. The molecule has 0 fully saturated rings. The smallest absolute Gasteiger partial charge is 0.316 e. The largest absolute Gasteiger partial charge is 0.318 e. The Kier molecular flexibility index (Phi) is 5.31. The molecule has 0 aliphatic carbocycles. The van der Waals surface area contributed by atoms with Gasteiger partial charge in [-0.25, -0.2) is 9.37 Å². The van der Waals surface area contributed by atoms with Gasteiger partial charge in [-0.1, -0.05) is 18.6 Å². The quantitative estimate of drug-likeness (QED) is 0.661. The van der Waals surface area contributed by atoms with Crippen LogP contribution in [0.4, 0.5) is 15.8 Å². The van der Waals surface area contributed by atoms with Gasteiger partial charge in [-0.3, -0.25) is 19.0 Å². The summed E-state index contributed by atoms with van der Waals surface area (Å²) in [6.45, 7) is 0.625. The summed E-state index contributed by atoms with van der Waals surface area (Å²) in [5, 5.41) is 2.88. The molecule has 30 heavy (non-hydrogen) atoms. The maximum Gasteiger partial charge on any atom is 0.316 e. The van der Waals surface area contributed by atoms with Crippen LogP contribution in [0, 0.1) is 5.82 Å². The minimum absolute atomic E-state index is 0.00120. The molecule has 4 rings (SSSR count). The first-order valence-corrected chi connectivity index (χ1v) is 9.83. The van der Waals surface area contributed by atoms with Crippen LogP contribution in [0.1, 0.15) is 25.1 Å². The summed E-state index contributed by atoms with van der Waals surface area (Å²) in [6, 6.07) is 10.5. The van der Waals surface area contributed by atoms with E-state index in [4.69, 9.17) is 0 Å². The van der Waals surface area contributed by atoms with Gasteiger partial charge in [-0.15, -0.1) is 0 Å². The number of nitrogens with one attached hydrogen (secondary N) is 1. The molecule has 0 spiro atoms. The van der Waals surface area contributed by atoms with E-state index in [1.807, 2.05) is 0 Å². The van der Waals surface area contributed by atoms with Crippen molar-refractivity contribution in [3.05, 3.63) is 64.5 Å². The zero-order chi connectivity index (χ0) is 21.3. The molecule has 0 saturated heterocycles. The molecule has 1 aliphatic rings. The highest BCUT2D eigenvalue weighted by Gasteiger charge is 2.22. The van der Waals surface area contributed by atoms with Crippen molar-refractivity contribution in [2.45, 2.75) is 32.2 Å². The summed E-state index contributed by atoms with van der Waals surface area (Å²) >= 11 is 0. The van der Waals surface area contributed by atoms with Gasteiger partial charge in [-0.05, 0) is 43.2 Å². The number of anilines is 2. The number of para-hydroxylation sites is 1. The number of aryl methyl sites for hydroxylation is 1. The van der Waals surface area contributed by atoms with Crippen molar-refractivity contribution in [2.24, 2.45) is 0 Å². The standard InChI is InChI=1S/C22H21FN4O3/c1-26(18-8-5-4-7-16(18)23)22(30)20(28)24-14-10-11-17-15(13-14)21(29)27-12-6-2-3-9-19(27)25-17/h4-5,7-8,10-11,13H,2-3,6,9,12H2,1H3,(H,24,28). The van der Waals surface area contributed by atoms with Gasteiger partial charge in [0.25, 0.3) is 5.56 Å². The second kappa shape index (κ2) is 8.06. The predicted octanol–water partition coefficient (Wildman–Crippen LogP) is 2.86. The maximum absolute atomic E-state index is 13.9. The average Bonchev–Trinajstić information content (AvgIpc) is 2.99. The van der Waals surface area contributed by atoms with Crippen molar-refractivity contribution in [1.82, 2.24) is 9.55 Å². The van der Waals surface area contributed by atoms with Crippen molar-refractivity contribution < 1.29 is 14.0 Å². The second-order valence-corrected chi connectivity index (χ2v) is 7.30. The zero-order valence-corrected chi connectivity index (χ0v) is 16.5. The van der Waals surface area contributed by atoms with Crippen molar-refractivity contribution in [1.29, 1.82) is 0 Å². The van der Waals surface area contributed by atoms with E-state index in [0.717, 1.165) is 36.4 Å². The summed E-state index contributed by atoms with van der Waals surface area (Å²) in [5.41, 5.74) is 0.709. The van der Waals surface area contributed by atoms with E-state index in [1.165, 1.54) is 31.3 Å². The number of halogens is 1. The Hall–Kier alpha value is -3.55. The van der Waals surface area contributed by atoms with E-state index in [0.29, 0.717) is 23.1 Å². The first-order chi connectivity index (χ1) is 14.5. The van der Waals surface area contributed by atoms with Crippen molar-refractivity contribution in [3.8, 4) is 0 Å². The van der Waals surface area contributed by atoms with E-state index in [2.05, 4.69) is 10.3 Å². The lowest BCUT2D eigenvalue weighted by atomic mass is 10.2. The van der Waals surface area contributed by atoms with Gasteiger partial charge in [0.05, 0.1) is 16.6 Å². The van der Waals surface area contributed by atoms with Crippen LogP contribution in [-0.4, -0.2) is 28.4 Å². The molecule has 0 unspecified atom stereocenters. The third-order valence-electron chi connectivity index (χ3n) is 5.29. The minimum atomic E-state index is -0.928. The number of carbonyl (C=O) groups is 2. The van der Waals surface area contributed by atoms with Gasteiger partial charge in [-0.2, -0.15) is 0 Å². The first-order valence-electron chi connectivity index (χ1n) is 9.83. The summed E-state index contributed by atoms with van der Waals surface area (Å²) < 4.78 is 15.6. The zero-order valence-electron chi connectivity index (χ0n) is 16.5. The normalized spacial score (nSPS) is 13.4. The van der Waals surface area contributed by atoms with Gasteiger partial charge in [0.1, 0.15) is 11.6 Å². The molecule has 1 aliphatic heterocycles. The lowest BCUT2D eigenvalue weighted by Crippen LogP contribution is -2.37. The van der Waals surface area contributed by atoms with Crippen molar-refractivity contribution in [2.75, 3.05) is 17.3 Å². The van der Waals surface area contributed by atoms with Gasteiger partial charge in [0.2, 0.25) is 0 Å². The van der Waals surface area contributed by atoms with Crippen LogP contribution >= 0.6 is 0 Å². The van der Waals surface area contributed by atoms with E-state index in [1.54, 1.807) is 22.8 Å². The van der Waals surface area contributed by atoms with Crippen LogP contribution in [0.25, 0.3) is 10.9 Å². The molecule has 0 saturated carbocycles. The monoisotopic (exact) mass is 408 g/mol. The number of carbonyl (C=O) groups excluding carboxylic acids is 2. The summed E-state index contributed by atoms with van der Waals surface area (Å²) in [4.78, 5) is 43.3. The summed E-state index contributed by atoms with van der Waals surface area (Å²) in [7, 11) is 1.33. The Bertz CT molecular complexity index is 1200. The van der Waals surface area contributed by atoms with Gasteiger partial charge < -0.3 is 10.2 Å². The third-order valence-corrected chi connectivity index (χ3v) is 5.29. The summed E-state index contributed by atoms with van der Waals surface area (Å²) in [6.07, 6.45) is 3.75. The molecule has 8 heteroatoms. The number of rotatable bonds is 2. The predicted molar refractivity (Wildman–Crippen MR) is 112 cm³/mol. The van der Waals surface area contributed by atoms with E-state index in [-0.39, 0.29) is 11.2 Å². The lowest BCUT2D eigenvalue weighted by molar-refractivity contribution is -0.134. The number of amides is 2. The number of hydrogen-bond acceptors (Lipinski definition) is 4. The fourth-order valence-corrected chi connectivity index (χ4v) is 3.67. The third kappa shape index (κ3) is 3.68. The van der Waals surface area contributed by atoms with Crippen molar-refractivity contribution >= 4 is 34.1 Å². The maximum atomic E-state index is 13.9. The summed E-state index contributed by atoms with van der Waals surface area (Å²) in [5.74, 6) is -1.67. The molecule has 154 valence electrons. The number of fused-ring (bicyclic) bond motifs is 2. The van der Waals surface area contributed by atoms with Crippen LogP contribution in [0.2, 0.25) is 0 Å². The van der Waals surface area contributed by atoms with Gasteiger partial charge in [0, 0.05) is 25.7 Å². The van der Waals surface area contributed by atoms with Crippen LogP contribution in [0.15, 0.2) is 47.3 Å². The molecule has 2 aromatic carbocycles. The average molecular weight is 408 g/mol. The van der Waals surface area contributed by atoms with E-state index < -0.39 is 17.6 Å². The van der Waals surface area contributed by atoms with Crippen LogP contribution in [0.3, 0.4) is 0 Å². The second-order valence-electron chi connectivity index (χ2n) is 7.30. The SMILES string of the molecule is CN(C(=O)C(=O)Nc1ccc2nc3n(c(=O)c2c1)CCCCC3)c1ccccc1F. The van der Waals surface area contributed by atoms with Crippen LogP contribution in [0.5, 0.6) is 0 Å². The Morgan fingerprint density at radius 2 is 1.93 bits per heavy atom. The lowest BCUT2D eigenvalue weighted by Gasteiger charge is -2.17. The molecule has 0 bridgehead atoms. The Labute approximate surface area is 172 Å². The van der Waals surface area contributed by atoms with Gasteiger partial charge >= 0.3 is 11.8 Å². The molecule has 0 radical (unpaired) electrons. The van der Waals surface area contributed by atoms with Gasteiger partial charge in [0.15, 0.2) is 0 Å². The van der Waals surface area contributed by atoms with E-state index in [9.17, 15) is 18.8 Å². The molecule has 2 heterocycles. The number of hydrogen-bond donors (Lipinski definition) is 1. The minimum Gasteiger partial charge on any atom is -0.318 e. The number of aromatic nitrogens is 2. The van der Waals surface area contributed by atoms with Crippen LogP contribution < -0.4 is 15.8 Å². The number of benzene rings is 2. The van der Waals surface area contributed by atoms with Crippen molar-refractivity contribution in [3.63, 3.8) is 0 Å². The fourth-order valence-electron chi connectivity index (χ4n) is 3.67. The topological polar surface area (TPSA) is 84.3 Å². The molecule has 2 amide bonds. The highest BCUT2D eigenvalue weighted by Crippen LogP contribution is 2.20. The Morgan fingerprint density at radius 1 is 1.13 bits per heavy atom. The molecule has 7 nitrogen and oxygen atoms in total. The molecule has 0 atom stereocenters. The molecule has 3 aromatic rings. The molecular weight excluding hydrogens is 387 g/mol. The Balaban J connectivity index is 1.60. The molecular formula is C22H21FN4O3. The van der Waals surface area contributed by atoms with Crippen LogP contribution in [-0.2, 0) is 22.6 Å². The number of likely N-dealkylation sites (N-methyl/N-ethyl adjacent to an activating group) is 1. The molecule has 1 N–H and O–H groups in total. The molecule has 1 aromatic heterocycles. The Morgan fingerprint density at radius 3 is 2.73 bits per heavy atom. The first kappa shape index (κ1) is 19.8.